The fourth-order valence-corrected chi connectivity index (χ4v) is 3.30. The smallest absolute Gasteiger partial charge is 0.245 e. The molecule has 0 atom stereocenters. The van der Waals surface area contributed by atoms with Gasteiger partial charge in [0.15, 0.2) is 0 Å². The first-order chi connectivity index (χ1) is 14.0. The van der Waals surface area contributed by atoms with Crippen LogP contribution in [-0.4, -0.2) is 15.2 Å². The highest BCUT2D eigenvalue weighted by molar-refractivity contribution is 6.66. The van der Waals surface area contributed by atoms with Crippen molar-refractivity contribution in [2.45, 2.75) is 0 Å². The van der Waals surface area contributed by atoms with Gasteiger partial charge in [-0.2, -0.15) is 0 Å². The molecule has 0 aliphatic heterocycles. The fraction of sp³-hybridized carbons (Fsp3) is 0. The molecular weight excluding hydrogens is 389 g/mol. The second-order valence-corrected chi connectivity index (χ2v) is 6.89. The van der Waals surface area contributed by atoms with Crippen LogP contribution in [0, 0.1) is 5.82 Å². The lowest BCUT2D eigenvalue weighted by atomic mass is 9.95. The zero-order valence-electron chi connectivity index (χ0n) is 15.1. The molecule has 0 aliphatic carbocycles. The molecular formula is C23H15ClFN3O. The Bertz CT molecular complexity index is 1270. The minimum absolute atomic E-state index is 0.418. The van der Waals surface area contributed by atoms with Crippen LogP contribution < -0.4 is 5.73 Å². The molecule has 0 unspecified atom stereocenters. The van der Waals surface area contributed by atoms with Crippen LogP contribution in [0.25, 0.3) is 39.2 Å². The number of nitrogens with two attached hydrogens (primary N) is 1. The summed E-state index contributed by atoms with van der Waals surface area (Å²) in [6.07, 6.45) is 5.87. The molecule has 0 aliphatic rings. The normalized spacial score (nSPS) is 11.2. The van der Waals surface area contributed by atoms with E-state index >= 15 is 0 Å². The van der Waals surface area contributed by atoms with Crippen molar-refractivity contribution in [1.82, 2.24) is 9.97 Å². The molecule has 0 bridgehead atoms. The predicted octanol–water partition coefficient (Wildman–Crippen LogP) is 5.46. The summed E-state index contributed by atoms with van der Waals surface area (Å²) in [5, 5.41) is 0.197. The van der Waals surface area contributed by atoms with Gasteiger partial charge in [-0.25, -0.2) is 14.4 Å². The summed E-state index contributed by atoms with van der Waals surface area (Å²) in [5.74, 6) is -0.418. The van der Waals surface area contributed by atoms with Gasteiger partial charge in [0.05, 0.1) is 5.52 Å². The van der Waals surface area contributed by atoms with Crippen LogP contribution in [0.3, 0.4) is 0 Å². The van der Waals surface area contributed by atoms with Gasteiger partial charge >= 0.3 is 0 Å². The highest BCUT2D eigenvalue weighted by atomic mass is 35.5. The van der Waals surface area contributed by atoms with Crippen molar-refractivity contribution < 1.29 is 9.18 Å². The largest absolute Gasteiger partial charge is 0.399 e. The molecule has 4 nitrogen and oxygen atoms in total. The van der Waals surface area contributed by atoms with E-state index in [9.17, 15) is 9.18 Å². The number of hydrogen-bond donors (Lipinski definition) is 1. The Morgan fingerprint density at radius 1 is 1.03 bits per heavy atom. The van der Waals surface area contributed by atoms with Crippen LogP contribution in [-0.2, 0) is 4.79 Å². The number of halogens is 2. The van der Waals surface area contributed by atoms with Crippen molar-refractivity contribution >= 4 is 39.5 Å². The van der Waals surface area contributed by atoms with Gasteiger partial charge in [0, 0.05) is 22.8 Å². The zero-order chi connectivity index (χ0) is 20.4. The number of carbonyl (C=O) groups is 1. The summed E-state index contributed by atoms with van der Waals surface area (Å²) >= 11 is 5.35. The first kappa shape index (κ1) is 18.8. The summed E-state index contributed by atoms with van der Waals surface area (Å²) in [7, 11) is 0. The third-order valence-corrected chi connectivity index (χ3v) is 4.59. The first-order valence-electron chi connectivity index (χ1n) is 8.78. The Hall–Kier alpha value is -3.57. The topological polar surface area (TPSA) is 68.9 Å². The Kier molecular flexibility index (Phi) is 5.06. The molecule has 2 N–H and O–H groups in total. The lowest BCUT2D eigenvalue weighted by Gasteiger charge is -2.11. The summed E-state index contributed by atoms with van der Waals surface area (Å²) in [6.45, 7) is 0. The molecule has 3 aromatic carbocycles. The van der Waals surface area contributed by atoms with Gasteiger partial charge in [0.2, 0.25) is 5.24 Å². The molecule has 0 saturated heterocycles. The SMILES string of the molecule is Nc1cccc(-c2cc(-c3cc(F)cc(/C=C\C(=O)Cl)c3)cc3cncnc23)c1. The third kappa shape index (κ3) is 4.15. The Morgan fingerprint density at radius 2 is 1.86 bits per heavy atom. The van der Waals surface area contributed by atoms with E-state index in [0.717, 1.165) is 27.6 Å². The van der Waals surface area contributed by atoms with Crippen molar-refractivity contribution in [2.75, 3.05) is 5.73 Å². The average molecular weight is 404 g/mol. The predicted molar refractivity (Wildman–Crippen MR) is 115 cm³/mol. The summed E-state index contributed by atoms with van der Waals surface area (Å²) in [5.41, 5.74) is 11.1. The maximum atomic E-state index is 14.2. The standard InChI is InChI=1S/C23H15ClFN3O/c24-22(29)5-4-14-6-16(9-19(25)7-14)17-8-18-12-27-13-28-23(18)21(11-17)15-2-1-3-20(26)10-15/h1-13H,26H2/b5-4-. The monoisotopic (exact) mass is 403 g/mol. The van der Waals surface area contributed by atoms with Crippen molar-refractivity contribution in [3.8, 4) is 22.3 Å². The molecule has 1 heterocycles. The molecule has 0 spiro atoms. The molecule has 1 aromatic heterocycles. The maximum Gasteiger partial charge on any atom is 0.245 e. The van der Waals surface area contributed by atoms with E-state index in [1.807, 2.05) is 36.4 Å². The molecule has 0 radical (unpaired) electrons. The van der Waals surface area contributed by atoms with E-state index in [4.69, 9.17) is 17.3 Å². The zero-order valence-corrected chi connectivity index (χ0v) is 15.9. The minimum atomic E-state index is -0.623. The summed E-state index contributed by atoms with van der Waals surface area (Å²) in [6, 6.07) is 15.9. The average Bonchev–Trinajstić information content (AvgIpc) is 2.71. The molecule has 4 rings (SSSR count). The van der Waals surface area contributed by atoms with Crippen LogP contribution in [0.4, 0.5) is 10.1 Å². The van der Waals surface area contributed by atoms with E-state index in [2.05, 4.69) is 9.97 Å². The number of nitrogen functional groups attached to an aromatic ring is 1. The summed E-state index contributed by atoms with van der Waals surface area (Å²) in [4.78, 5) is 19.5. The van der Waals surface area contributed by atoms with Crippen LogP contribution in [0.15, 0.2) is 73.2 Å². The quantitative estimate of drug-likeness (QED) is 0.279. The number of hydrogen-bond acceptors (Lipinski definition) is 4. The lowest BCUT2D eigenvalue weighted by Crippen LogP contribution is -1.91. The van der Waals surface area contributed by atoms with Gasteiger partial charge < -0.3 is 5.73 Å². The van der Waals surface area contributed by atoms with Crippen LogP contribution >= 0.6 is 11.6 Å². The Morgan fingerprint density at radius 3 is 2.66 bits per heavy atom. The number of nitrogens with zero attached hydrogens (tertiary/aromatic N) is 2. The number of aromatic nitrogens is 2. The van der Waals surface area contributed by atoms with Gasteiger partial charge in [-0.15, -0.1) is 0 Å². The molecule has 6 heteroatoms. The minimum Gasteiger partial charge on any atom is -0.399 e. The van der Waals surface area contributed by atoms with Gasteiger partial charge in [-0.05, 0) is 82.4 Å². The third-order valence-electron chi connectivity index (χ3n) is 4.46. The number of fused-ring (bicyclic) bond motifs is 1. The van der Waals surface area contributed by atoms with E-state index in [-0.39, 0.29) is 0 Å². The van der Waals surface area contributed by atoms with Crippen molar-refractivity contribution in [1.29, 1.82) is 0 Å². The maximum absolute atomic E-state index is 14.2. The molecule has 0 fully saturated rings. The molecule has 0 amide bonds. The summed E-state index contributed by atoms with van der Waals surface area (Å²) < 4.78 is 14.2. The van der Waals surface area contributed by atoms with Gasteiger partial charge in [-0.3, -0.25) is 4.79 Å². The van der Waals surface area contributed by atoms with E-state index < -0.39 is 11.1 Å². The molecule has 0 saturated carbocycles. The highest BCUT2D eigenvalue weighted by Crippen LogP contribution is 2.34. The van der Waals surface area contributed by atoms with Crippen molar-refractivity contribution in [3.63, 3.8) is 0 Å². The van der Waals surface area contributed by atoms with Gasteiger partial charge in [0.1, 0.15) is 12.1 Å². The van der Waals surface area contributed by atoms with E-state index in [1.54, 1.807) is 12.3 Å². The number of benzene rings is 3. The highest BCUT2D eigenvalue weighted by Gasteiger charge is 2.11. The van der Waals surface area contributed by atoms with Gasteiger partial charge in [-0.1, -0.05) is 18.2 Å². The fourth-order valence-electron chi connectivity index (χ4n) is 3.23. The second kappa shape index (κ2) is 7.81. The number of allylic oxidation sites excluding steroid dienone is 1. The van der Waals surface area contributed by atoms with Crippen LogP contribution in [0.1, 0.15) is 5.56 Å². The Balaban J connectivity index is 1.93. The lowest BCUT2D eigenvalue weighted by molar-refractivity contribution is -0.107. The first-order valence-corrected chi connectivity index (χ1v) is 9.15. The van der Waals surface area contributed by atoms with Crippen LogP contribution in [0.5, 0.6) is 0 Å². The second-order valence-electron chi connectivity index (χ2n) is 6.52. The Labute approximate surface area is 171 Å². The van der Waals surface area contributed by atoms with E-state index in [0.29, 0.717) is 16.8 Å². The molecule has 29 heavy (non-hydrogen) atoms. The molecule has 4 aromatic rings. The molecule has 142 valence electrons. The van der Waals surface area contributed by atoms with Gasteiger partial charge in [0.25, 0.3) is 0 Å². The van der Waals surface area contributed by atoms with Crippen LogP contribution in [0.2, 0.25) is 0 Å². The van der Waals surface area contributed by atoms with E-state index in [1.165, 1.54) is 30.6 Å². The number of carbonyl (C=O) groups excluding carboxylic acids is 1. The number of rotatable bonds is 4. The van der Waals surface area contributed by atoms with Crippen molar-refractivity contribution in [2.24, 2.45) is 0 Å². The number of anilines is 1. The van der Waals surface area contributed by atoms with Crippen molar-refractivity contribution in [3.05, 3.63) is 84.6 Å².